The Hall–Kier alpha value is -2.58. The quantitative estimate of drug-likeness (QED) is 0.494. The molecule has 0 radical (unpaired) electrons. The van der Waals surface area contributed by atoms with E-state index in [1.54, 1.807) is 0 Å². The molecule has 2 heteroatoms. The first-order chi connectivity index (χ1) is 13.2. The van der Waals surface area contributed by atoms with Crippen molar-refractivity contribution in [1.82, 2.24) is 5.32 Å². The second-order valence-corrected chi connectivity index (χ2v) is 7.02. The maximum atomic E-state index is 6.15. The number of aryl methyl sites for hydroxylation is 1. The number of hydrogen-bond acceptors (Lipinski definition) is 2. The van der Waals surface area contributed by atoms with Gasteiger partial charge < -0.3 is 10.1 Å². The van der Waals surface area contributed by atoms with E-state index in [0.29, 0.717) is 6.61 Å². The molecule has 0 bridgehead atoms. The van der Waals surface area contributed by atoms with E-state index in [1.807, 2.05) is 0 Å². The van der Waals surface area contributed by atoms with Crippen molar-refractivity contribution in [1.29, 1.82) is 0 Å². The predicted molar refractivity (Wildman–Crippen MR) is 114 cm³/mol. The first-order valence-corrected chi connectivity index (χ1v) is 9.76. The van der Waals surface area contributed by atoms with Crippen LogP contribution in [0, 0.1) is 13.8 Å². The monoisotopic (exact) mass is 359 g/mol. The highest BCUT2D eigenvalue weighted by Gasteiger charge is 2.08. The zero-order chi connectivity index (χ0) is 19.1. The molecule has 0 aliphatic heterocycles. The van der Waals surface area contributed by atoms with Crippen LogP contribution in [0.1, 0.15) is 35.6 Å². The fourth-order valence-electron chi connectivity index (χ4n) is 3.32. The van der Waals surface area contributed by atoms with Gasteiger partial charge in [-0.3, -0.25) is 0 Å². The van der Waals surface area contributed by atoms with Gasteiger partial charge in [-0.15, -0.1) is 0 Å². The van der Waals surface area contributed by atoms with Gasteiger partial charge in [0, 0.05) is 6.54 Å². The fourth-order valence-corrected chi connectivity index (χ4v) is 3.32. The van der Waals surface area contributed by atoms with E-state index in [-0.39, 0.29) is 0 Å². The van der Waals surface area contributed by atoms with E-state index < -0.39 is 0 Å². The molecule has 0 aliphatic carbocycles. The second-order valence-electron chi connectivity index (χ2n) is 7.02. The van der Waals surface area contributed by atoms with Crippen molar-refractivity contribution < 1.29 is 4.74 Å². The van der Waals surface area contributed by atoms with Crippen LogP contribution in [0.4, 0.5) is 0 Å². The van der Waals surface area contributed by atoms with Crippen LogP contribution in [0.25, 0.3) is 11.1 Å². The topological polar surface area (TPSA) is 21.3 Å². The standard InChI is InChI=1S/C25H29NO/c1-4-15-26-17-21-13-14-25(19(2)16-21)27-18-23-11-8-12-24(20(23)3)22-9-6-5-7-10-22/h5-14,16,26H,4,15,17-18H2,1-3H3. The minimum Gasteiger partial charge on any atom is -0.489 e. The molecular formula is C25H29NO. The third kappa shape index (κ3) is 4.99. The van der Waals surface area contributed by atoms with Crippen molar-refractivity contribution in [2.24, 2.45) is 0 Å². The fraction of sp³-hybridized carbons (Fsp3) is 0.280. The summed E-state index contributed by atoms with van der Waals surface area (Å²) < 4.78 is 6.15. The molecule has 0 atom stereocenters. The van der Waals surface area contributed by atoms with Gasteiger partial charge >= 0.3 is 0 Å². The summed E-state index contributed by atoms with van der Waals surface area (Å²) in [6, 6.07) is 23.4. The van der Waals surface area contributed by atoms with E-state index in [9.17, 15) is 0 Å². The lowest BCUT2D eigenvalue weighted by Crippen LogP contribution is -2.13. The maximum Gasteiger partial charge on any atom is 0.122 e. The van der Waals surface area contributed by atoms with Gasteiger partial charge in [0.2, 0.25) is 0 Å². The van der Waals surface area contributed by atoms with Crippen LogP contribution in [-0.2, 0) is 13.2 Å². The molecule has 140 valence electrons. The summed E-state index contributed by atoms with van der Waals surface area (Å²) in [6.07, 6.45) is 1.15. The summed E-state index contributed by atoms with van der Waals surface area (Å²) in [4.78, 5) is 0. The van der Waals surface area contributed by atoms with E-state index in [2.05, 4.69) is 92.8 Å². The third-order valence-corrected chi connectivity index (χ3v) is 4.91. The molecule has 0 fully saturated rings. The Balaban J connectivity index is 1.70. The normalized spacial score (nSPS) is 10.8. The highest BCUT2D eigenvalue weighted by Crippen LogP contribution is 2.27. The first-order valence-electron chi connectivity index (χ1n) is 9.76. The molecule has 2 nitrogen and oxygen atoms in total. The molecule has 3 aromatic carbocycles. The highest BCUT2D eigenvalue weighted by molar-refractivity contribution is 5.68. The van der Waals surface area contributed by atoms with Crippen molar-refractivity contribution in [3.05, 3.63) is 89.0 Å². The summed E-state index contributed by atoms with van der Waals surface area (Å²) >= 11 is 0. The van der Waals surface area contributed by atoms with Gasteiger partial charge in [-0.05, 0) is 66.3 Å². The van der Waals surface area contributed by atoms with Crippen LogP contribution in [0.5, 0.6) is 5.75 Å². The molecule has 3 aromatic rings. The average Bonchev–Trinajstić information content (AvgIpc) is 2.69. The minimum atomic E-state index is 0.584. The van der Waals surface area contributed by atoms with Crippen LogP contribution < -0.4 is 10.1 Å². The molecule has 1 N–H and O–H groups in total. The summed E-state index contributed by atoms with van der Waals surface area (Å²) in [7, 11) is 0. The SMILES string of the molecule is CCCNCc1ccc(OCc2cccc(-c3ccccc3)c2C)c(C)c1. The molecule has 0 saturated heterocycles. The van der Waals surface area contributed by atoms with E-state index in [4.69, 9.17) is 4.74 Å². The van der Waals surface area contributed by atoms with Gasteiger partial charge in [0.25, 0.3) is 0 Å². The Kier molecular flexibility index (Phi) is 6.67. The van der Waals surface area contributed by atoms with Crippen molar-refractivity contribution in [3.8, 4) is 16.9 Å². The molecule has 0 aromatic heterocycles. The third-order valence-electron chi connectivity index (χ3n) is 4.91. The zero-order valence-electron chi connectivity index (χ0n) is 16.6. The summed E-state index contributed by atoms with van der Waals surface area (Å²) in [5.41, 5.74) is 7.51. The predicted octanol–water partition coefficient (Wildman–Crippen LogP) is 6.05. The number of benzene rings is 3. The second kappa shape index (κ2) is 9.38. The molecule has 0 amide bonds. The summed E-state index contributed by atoms with van der Waals surface area (Å²) in [5, 5.41) is 3.44. The van der Waals surface area contributed by atoms with Crippen LogP contribution in [0.2, 0.25) is 0 Å². The van der Waals surface area contributed by atoms with E-state index in [1.165, 1.54) is 33.4 Å². The van der Waals surface area contributed by atoms with Crippen molar-refractivity contribution in [3.63, 3.8) is 0 Å². The Morgan fingerprint density at radius 2 is 1.70 bits per heavy atom. The van der Waals surface area contributed by atoms with E-state index in [0.717, 1.165) is 25.3 Å². The Morgan fingerprint density at radius 3 is 2.44 bits per heavy atom. The summed E-state index contributed by atoms with van der Waals surface area (Å²) in [5.74, 6) is 0.957. The molecule has 0 aliphatic rings. The van der Waals surface area contributed by atoms with Gasteiger partial charge in [-0.2, -0.15) is 0 Å². The number of rotatable bonds is 8. The van der Waals surface area contributed by atoms with Crippen molar-refractivity contribution >= 4 is 0 Å². The van der Waals surface area contributed by atoms with Crippen LogP contribution >= 0.6 is 0 Å². The Labute approximate surface area is 163 Å². The number of hydrogen-bond donors (Lipinski definition) is 1. The average molecular weight is 360 g/mol. The van der Waals surface area contributed by atoms with Crippen molar-refractivity contribution in [2.45, 2.75) is 40.3 Å². The largest absolute Gasteiger partial charge is 0.489 e. The number of nitrogens with one attached hydrogen (secondary N) is 1. The van der Waals surface area contributed by atoms with Gasteiger partial charge in [-0.25, -0.2) is 0 Å². The lowest BCUT2D eigenvalue weighted by Gasteiger charge is -2.15. The van der Waals surface area contributed by atoms with Crippen LogP contribution in [-0.4, -0.2) is 6.54 Å². The summed E-state index contributed by atoms with van der Waals surface area (Å²) in [6.45, 7) is 9.02. The highest BCUT2D eigenvalue weighted by atomic mass is 16.5. The Morgan fingerprint density at radius 1 is 0.889 bits per heavy atom. The van der Waals surface area contributed by atoms with E-state index >= 15 is 0 Å². The molecule has 27 heavy (non-hydrogen) atoms. The molecular weight excluding hydrogens is 330 g/mol. The van der Waals surface area contributed by atoms with Gasteiger partial charge in [0.05, 0.1) is 0 Å². The molecule has 0 unspecified atom stereocenters. The van der Waals surface area contributed by atoms with Crippen LogP contribution in [0.3, 0.4) is 0 Å². The van der Waals surface area contributed by atoms with Gasteiger partial charge in [0.15, 0.2) is 0 Å². The molecule has 0 heterocycles. The lowest BCUT2D eigenvalue weighted by atomic mass is 9.97. The first kappa shape index (κ1) is 19.2. The molecule has 3 rings (SSSR count). The number of ether oxygens (including phenoxy) is 1. The Bertz CT molecular complexity index is 871. The lowest BCUT2D eigenvalue weighted by molar-refractivity contribution is 0.303. The smallest absolute Gasteiger partial charge is 0.122 e. The van der Waals surface area contributed by atoms with Crippen LogP contribution in [0.15, 0.2) is 66.7 Å². The molecule has 0 spiro atoms. The maximum absolute atomic E-state index is 6.15. The molecule has 0 saturated carbocycles. The minimum absolute atomic E-state index is 0.584. The zero-order valence-corrected chi connectivity index (χ0v) is 16.6. The van der Waals surface area contributed by atoms with Gasteiger partial charge in [0.1, 0.15) is 12.4 Å². The van der Waals surface area contributed by atoms with Crippen molar-refractivity contribution in [2.75, 3.05) is 6.54 Å². The van der Waals surface area contributed by atoms with Gasteiger partial charge in [-0.1, -0.05) is 67.6 Å².